The SMILES string of the molecule is COc1cc2c(cc1OC)CN(C[C@@H]1C(=O)O[C@@H]3CC4=CCC[C@H](C)[C@@]4(C)[C@@H](O)[C@H]13)[C@@H](C)C2. The molecule has 2 aliphatic carbocycles. The molecule has 1 saturated carbocycles. The van der Waals surface area contributed by atoms with Gasteiger partial charge in [0.25, 0.3) is 0 Å². The van der Waals surface area contributed by atoms with Gasteiger partial charge in [0.1, 0.15) is 6.10 Å². The normalized spacial score (nSPS) is 38.0. The highest BCUT2D eigenvalue weighted by Gasteiger charge is 2.60. The van der Waals surface area contributed by atoms with Crippen LogP contribution in [0, 0.1) is 23.2 Å². The van der Waals surface area contributed by atoms with Gasteiger partial charge in [-0.3, -0.25) is 9.69 Å². The molecule has 2 aliphatic heterocycles. The monoisotopic (exact) mass is 455 g/mol. The van der Waals surface area contributed by atoms with Crippen LogP contribution in [0.15, 0.2) is 23.8 Å². The number of hydrogen-bond donors (Lipinski definition) is 1. The minimum atomic E-state index is -0.564. The minimum Gasteiger partial charge on any atom is -0.493 e. The third-order valence-corrected chi connectivity index (χ3v) is 9.22. The summed E-state index contributed by atoms with van der Waals surface area (Å²) in [7, 11) is 3.32. The maximum atomic E-state index is 13.1. The van der Waals surface area contributed by atoms with Crippen LogP contribution in [0.4, 0.5) is 0 Å². The fourth-order valence-corrected chi connectivity index (χ4v) is 6.89. The molecule has 0 aromatic heterocycles. The van der Waals surface area contributed by atoms with Gasteiger partial charge >= 0.3 is 5.97 Å². The molecule has 6 heteroatoms. The second-order valence-electron chi connectivity index (χ2n) is 10.8. The van der Waals surface area contributed by atoms with E-state index in [-0.39, 0.29) is 35.4 Å². The summed E-state index contributed by atoms with van der Waals surface area (Å²) in [5.74, 6) is 1.27. The van der Waals surface area contributed by atoms with Crippen molar-refractivity contribution >= 4 is 5.97 Å². The first-order chi connectivity index (χ1) is 15.8. The molecule has 0 bridgehead atoms. The lowest BCUT2D eigenvalue weighted by molar-refractivity contribution is -0.145. The Labute approximate surface area is 196 Å². The van der Waals surface area contributed by atoms with E-state index in [4.69, 9.17) is 14.2 Å². The highest BCUT2D eigenvalue weighted by molar-refractivity contribution is 5.76. The topological polar surface area (TPSA) is 68.2 Å². The number of rotatable bonds is 4. The summed E-state index contributed by atoms with van der Waals surface area (Å²) in [6.07, 6.45) is 5.29. The number of benzene rings is 1. The van der Waals surface area contributed by atoms with E-state index in [1.165, 1.54) is 16.7 Å². The fourth-order valence-electron chi connectivity index (χ4n) is 6.89. The number of hydrogen-bond acceptors (Lipinski definition) is 6. The van der Waals surface area contributed by atoms with Crippen LogP contribution in [0.3, 0.4) is 0 Å². The molecule has 7 atom stereocenters. The Hall–Kier alpha value is -2.05. The van der Waals surface area contributed by atoms with Gasteiger partial charge in [-0.2, -0.15) is 0 Å². The zero-order chi connectivity index (χ0) is 23.5. The maximum Gasteiger partial charge on any atom is 0.311 e. The number of ether oxygens (including phenoxy) is 3. The lowest BCUT2D eigenvalue weighted by atomic mass is 9.55. The lowest BCUT2D eigenvalue weighted by Crippen LogP contribution is -2.55. The van der Waals surface area contributed by atoms with Crippen molar-refractivity contribution in [3.8, 4) is 11.5 Å². The summed E-state index contributed by atoms with van der Waals surface area (Å²) < 4.78 is 16.9. The van der Waals surface area contributed by atoms with Crippen LogP contribution >= 0.6 is 0 Å². The molecular weight excluding hydrogens is 418 g/mol. The van der Waals surface area contributed by atoms with Gasteiger partial charge in [0.2, 0.25) is 0 Å². The number of aliphatic hydroxyl groups excluding tert-OH is 1. The van der Waals surface area contributed by atoms with Gasteiger partial charge < -0.3 is 19.3 Å². The number of fused-ring (bicyclic) bond motifs is 3. The first-order valence-corrected chi connectivity index (χ1v) is 12.3. The summed E-state index contributed by atoms with van der Waals surface area (Å²) in [4.78, 5) is 15.4. The van der Waals surface area contributed by atoms with Crippen LogP contribution in [0.25, 0.3) is 0 Å². The average molecular weight is 456 g/mol. The first kappa shape index (κ1) is 22.7. The van der Waals surface area contributed by atoms with Crippen LogP contribution in [-0.4, -0.2) is 55.0 Å². The second kappa shape index (κ2) is 8.31. The van der Waals surface area contributed by atoms with Crippen LogP contribution in [-0.2, 0) is 22.5 Å². The van der Waals surface area contributed by atoms with Gasteiger partial charge in [-0.1, -0.05) is 25.5 Å². The predicted molar refractivity (Wildman–Crippen MR) is 125 cm³/mol. The molecule has 6 nitrogen and oxygen atoms in total. The molecule has 5 rings (SSSR count). The van der Waals surface area contributed by atoms with Crippen LogP contribution in [0.2, 0.25) is 0 Å². The van der Waals surface area contributed by atoms with Crippen molar-refractivity contribution in [3.63, 3.8) is 0 Å². The standard InChI is InChI=1S/C27H37NO5/c1-15-7-6-8-19-12-23-24(25(29)27(15,19)3)20(26(30)33-23)14-28-13-18-11-22(32-5)21(31-4)10-17(18)9-16(28)2/h8,10-11,15-16,20,23-25,29H,6-7,9,12-14H2,1-5H3/t15-,16-,20-,23+,24+,25-,27+/m0/s1. The molecule has 180 valence electrons. The molecule has 33 heavy (non-hydrogen) atoms. The van der Waals surface area contributed by atoms with E-state index >= 15 is 0 Å². The molecule has 0 amide bonds. The van der Waals surface area contributed by atoms with Crippen LogP contribution < -0.4 is 9.47 Å². The summed E-state index contributed by atoms with van der Waals surface area (Å²) in [5.41, 5.74) is 3.48. The lowest BCUT2D eigenvalue weighted by Gasteiger charge is -2.52. The molecule has 1 aromatic carbocycles. The van der Waals surface area contributed by atoms with Crippen molar-refractivity contribution < 1.29 is 24.1 Å². The summed E-state index contributed by atoms with van der Waals surface area (Å²) in [6, 6.07) is 4.41. The van der Waals surface area contributed by atoms with Crippen molar-refractivity contribution in [2.45, 2.75) is 71.2 Å². The summed E-state index contributed by atoms with van der Waals surface area (Å²) in [5, 5.41) is 11.6. The van der Waals surface area contributed by atoms with E-state index < -0.39 is 6.10 Å². The molecule has 0 spiro atoms. The molecule has 1 N–H and O–H groups in total. The molecular formula is C27H37NO5. The van der Waals surface area contributed by atoms with Crippen LogP contribution in [0.5, 0.6) is 11.5 Å². The number of carbonyl (C=O) groups is 1. The van der Waals surface area contributed by atoms with Crippen molar-refractivity contribution in [2.24, 2.45) is 23.2 Å². The van der Waals surface area contributed by atoms with Gasteiger partial charge in [0.05, 0.1) is 26.2 Å². The largest absolute Gasteiger partial charge is 0.493 e. The van der Waals surface area contributed by atoms with E-state index in [0.29, 0.717) is 12.5 Å². The Morgan fingerprint density at radius 1 is 1.15 bits per heavy atom. The predicted octanol–water partition coefficient (Wildman–Crippen LogP) is 3.74. The Morgan fingerprint density at radius 2 is 1.85 bits per heavy atom. The Morgan fingerprint density at radius 3 is 2.55 bits per heavy atom. The van der Waals surface area contributed by atoms with E-state index in [0.717, 1.165) is 43.7 Å². The minimum absolute atomic E-state index is 0.148. The summed E-state index contributed by atoms with van der Waals surface area (Å²) in [6.45, 7) is 8.00. The quantitative estimate of drug-likeness (QED) is 0.551. The average Bonchev–Trinajstić information content (AvgIpc) is 3.10. The molecule has 0 radical (unpaired) electrons. The van der Waals surface area contributed by atoms with Gasteiger partial charge in [0, 0.05) is 36.9 Å². The number of methoxy groups -OCH3 is 2. The molecule has 0 unspecified atom stereocenters. The molecule has 1 saturated heterocycles. The zero-order valence-electron chi connectivity index (χ0n) is 20.5. The van der Waals surface area contributed by atoms with Crippen molar-refractivity contribution in [2.75, 3.05) is 20.8 Å². The Bertz CT molecular complexity index is 974. The third-order valence-electron chi connectivity index (χ3n) is 9.22. The second-order valence-corrected chi connectivity index (χ2v) is 10.8. The number of nitrogens with zero attached hydrogens (tertiary/aromatic N) is 1. The van der Waals surface area contributed by atoms with E-state index in [1.54, 1.807) is 14.2 Å². The third kappa shape index (κ3) is 3.48. The number of esters is 1. The fraction of sp³-hybridized carbons (Fsp3) is 0.667. The van der Waals surface area contributed by atoms with Gasteiger partial charge in [-0.05, 0) is 55.4 Å². The molecule has 4 aliphatic rings. The molecule has 1 aromatic rings. The Kier molecular flexibility index (Phi) is 5.73. The van der Waals surface area contributed by atoms with E-state index in [9.17, 15) is 9.90 Å². The number of carbonyl (C=O) groups excluding carboxylic acids is 1. The van der Waals surface area contributed by atoms with Crippen molar-refractivity contribution in [1.29, 1.82) is 0 Å². The van der Waals surface area contributed by atoms with Gasteiger partial charge in [-0.25, -0.2) is 0 Å². The highest BCUT2D eigenvalue weighted by Crippen LogP contribution is 2.56. The van der Waals surface area contributed by atoms with E-state index in [2.05, 4.69) is 43.9 Å². The van der Waals surface area contributed by atoms with Crippen LogP contribution in [0.1, 0.15) is 51.2 Å². The van der Waals surface area contributed by atoms with Crippen molar-refractivity contribution in [3.05, 3.63) is 34.9 Å². The van der Waals surface area contributed by atoms with Gasteiger partial charge in [-0.15, -0.1) is 0 Å². The highest BCUT2D eigenvalue weighted by atomic mass is 16.6. The number of aliphatic hydroxyl groups is 1. The molecule has 2 fully saturated rings. The Balaban J connectivity index is 1.40. The van der Waals surface area contributed by atoms with Crippen molar-refractivity contribution in [1.82, 2.24) is 4.90 Å². The van der Waals surface area contributed by atoms with E-state index in [1.807, 2.05) is 0 Å². The smallest absolute Gasteiger partial charge is 0.311 e. The first-order valence-electron chi connectivity index (χ1n) is 12.3. The zero-order valence-corrected chi connectivity index (χ0v) is 20.5. The summed E-state index contributed by atoms with van der Waals surface area (Å²) >= 11 is 0. The number of allylic oxidation sites excluding steroid dienone is 1. The molecule has 2 heterocycles. The maximum absolute atomic E-state index is 13.1. The van der Waals surface area contributed by atoms with Gasteiger partial charge in [0.15, 0.2) is 11.5 Å².